The number of fused-ring (bicyclic) bond motifs is 1. The summed E-state index contributed by atoms with van der Waals surface area (Å²) >= 11 is 13.6. The van der Waals surface area contributed by atoms with Gasteiger partial charge in [-0.05, 0) is 17.7 Å². The molecule has 0 spiro atoms. The first kappa shape index (κ1) is 15.4. The molecule has 24 heavy (non-hydrogen) atoms. The summed E-state index contributed by atoms with van der Waals surface area (Å²) < 4.78 is 1.82. The Morgan fingerprint density at radius 2 is 1.79 bits per heavy atom. The Bertz CT molecular complexity index is 1050. The highest BCUT2D eigenvalue weighted by Gasteiger charge is 2.17. The molecule has 3 nitrogen and oxygen atoms in total. The van der Waals surface area contributed by atoms with Crippen molar-refractivity contribution in [3.8, 4) is 21.7 Å². The van der Waals surface area contributed by atoms with Crippen molar-refractivity contribution in [2.45, 2.75) is 0 Å². The van der Waals surface area contributed by atoms with Gasteiger partial charge in [-0.3, -0.25) is 9.20 Å². The van der Waals surface area contributed by atoms with Crippen molar-refractivity contribution in [1.29, 1.82) is 0 Å². The summed E-state index contributed by atoms with van der Waals surface area (Å²) in [5.41, 5.74) is 2.97. The molecule has 6 heteroatoms. The molecule has 0 radical (unpaired) electrons. The molecule has 118 valence electrons. The highest BCUT2D eigenvalue weighted by atomic mass is 35.5. The summed E-state index contributed by atoms with van der Waals surface area (Å²) in [6.45, 7) is 0. The molecule has 0 bridgehead atoms. The number of carbonyl (C=O) groups is 1. The quantitative estimate of drug-likeness (QED) is 0.422. The van der Waals surface area contributed by atoms with E-state index in [0.29, 0.717) is 21.4 Å². The van der Waals surface area contributed by atoms with Gasteiger partial charge >= 0.3 is 0 Å². The van der Waals surface area contributed by atoms with Crippen LogP contribution < -0.4 is 0 Å². The van der Waals surface area contributed by atoms with Crippen LogP contribution in [0.4, 0.5) is 0 Å². The van der Waals surface area contributed by atoms with E-state index in [2.05, 4.69) is 4.98 Å². The van der Waals surface area contributed by atoms with E-state index in [0.717, 1.165) is 27.3 Å². The maximum absolute atomic E-state index is 11.7. The third-order valence-corrected chi connectivity index (χ3v) is 5.50. The average molecular weight is 373 g/mol. The first-order valence-corrected chi connectivity index (χ1v) is 8.72. The molecule has 0 aliphatic rings. The van der Waals surface area contributed by atoms with Gasteiger partial charge in [-0.25, -0.2) is 4.98 Å². The molecule has 2 aromatic carbocycles. The molecule has 0 saturated carbocycles. The van der Waals surface area contributed by atoms with Crippen LogP contribution in [0, 0.1) is 0 Å². The Morgan fingerprint density at radius 1 is 1.00 bits per heavy atom. The molecule has 0 aliphatic heterocycles. The predicted molar refractivity (Wildman–Crippen MR) is 99.3 cm³/mol. The lowest BCUT2D eigenvalue weighted by Gasteiger charge is -2.01. The zero-order valence-corrected chi connectivity index (χ0v) is 14.6. The lowest BCUT2D eigenvalue weighted by molar-refractivity contribution is 0.111. The summed E-state index contributed by atoms with van der Waals surface area (Å²) in [6, 6.07) is 15.3. The predicted octanol–water partition coefficient (Wildman–Crippen LogP) is 5.85. The van der Waals surface area contributed by atoms with Crippen LogP contribution in [0.25, 0.3) is 26.7 Å². The van der Waals surface area contributed by atoms with Crippen molar-refractivity contribution in [3.05, 3.63) is 70.5 Å². The molecule has 4 aromatic rings. The van der Waals surface area contributed by atoms with E-state index in [9.17, 15) is 4.79 Å². The number of thiazole rings is 1. The second kappa shape index (κ2) is 6.06. The van der Waals surface area contributed by atoms with Crippen LogP contribution in [0.2, 0.25) is 10.0 Å². The average Bonchev–Trinajstić information content (AvgIpc) is 3.15. The lowest BCUT2D eigenvalue weighted by atomic mass is 10.1. The van der Waals surface area contributed by atoms with Crippen molar-refractivity contribution >= 4 is 45.8 Å². The molecule has 0 unspecified atom stereocenters. The van der Waals surface area contributed by atoms with Gasteiger partial charge in [0, 0.05) is 11.8 Å². The van der Waals surface area contributed by atoms with E-state index in [1.807, 2.05) is 47.0 Å². The van der Waals surface area contributed by atoms with Crippen LogP contribution in [-0.2, 0) is 0 Å². The number of carbonyl (C=O) groups excluding carboxylic acids is 1. The number of hydrogen-bond donors (Lipinski definition) is 0. The Balaban J connectivity index is 1.88. The van der Waals surface area contributed by atoms with E-state index >= 15 is 0 Å². The first-order chi connectivity index (χ1) is 11.7. The molecule has 0 saturated heterocycles. The van der Waals surface area contributed by atoms with E-state index in [1.54, 1.807) is 12.1 Å². The Hall–Kier alpha value is -2.14. The number of nitrogens with zero attached hydrogens (tertiary/aromatic N) is 2. The molecule has 2 heterocycles. The van der Waals surface area contributed by atoms with E-state index in [1.165, 1.54) is 11.3 Å². The van der Waals surface area contributed by atoms with E-state index in [-0.39, 0.29) is 0 Å². The van der Waals surface area contributed by atoms with Gasteiger partial charge in [-0.1, -0.05) is 70.9 Å². The number of aromatic nitrogens is 2. The molecule has 0 atom stereocenters. The van der Waals surface area contributed by atoms with Gasteiger partial charge < -0.3 is 0 Å². The van der Waals surface area contributed by atoms with Gasteiger partial charge in [-0.2, -0.15) is 0 Å². The largest absolute Gasteiger partial charge is 0.296 e. The summed E-state index contributed by atoms with van der Waals surface area (Å²) in [4.78, 5) is 18.1. The SMILES string of the molecule is O=Cc1c(-c2ccc(Cl)c(Cl)c2)nc2sc(-c3ccccc3)cn12. The second-order valence-corrected chi connectivity index (χ2v) is 7.03. The van der Waals surface area contributed by atoms with Crippen LogP contribution in [-0.4, -0.2) is 15.7 Å². The van der Waals surface area contributed by atoms with Gasteiger partial charge in [0.05, 0.1) is 14.9 Å². The standard InChI is InChI=1S/C18H10Cl2N2OS/c19-13-7-6-12(8-14(13)20)17-15(10-23)22-9-16(24-18(22)21-17)11-4-2-1-3-5-11/h1-10H. The van der Waals surface area contributed by atoms with Crippen LogP contribution in [0.1, 0.15) is 10.5 Å². The maximum atomic E-state index is 11.7. The summed E-state index contributed by atoms with van der Waals surface area (Å²) in [5, 5.41) is 0.910. The Labute approximate surface area is 152 Å². The van der Waals surface area contributed by atoms with Gasteiger partial charge in [0.2, 0.25) is 0 Å². The number of aldehydes is 1. The van der Waals surface area contributed by atoms with Crippen molar-refractivity contribution in [2.75, 3.05) is 0 Å². The van der Waals surface area contributed by atoms with Crippen LogP contribution in [0.3, 0.4) is 0 Å². The number of hydrogen-bond acceptors (Lipinski definition) is 3. The number of imidazole rings is 1. The third-order valence-electron chi connectivity index (χ3n) is 3.73. The molecule has 4 rings (SSSR count). The zero-order chi connectivity index (χ0) is 16.7. The van der Waals surface area contributed by atoms with Crippen LogP contribution in [0.15, 0.2) is 54.7 Å². The Morgan fingerprint density at radius 3 is 2.50 bits per heavy atom. The van der Waals surface area contributed by atoms with E-state index in [4.69, 9.17) is 23.2 Å². The first-order valence-electron chi connectivity index (χ1n) is 7.15. The molecule has 0 fully saturated rings. The molecule has 0 N–H and O–H groups in total. The molecule has 0 aliphatic carbocycles. The Kier molecular flexibility index (Phi) is 3.88. The highest BCUT2D eigenvalue weighted by molar-refractivity contribution is 7.20. The van der Waals surface area contributed by atoms with E-state index < -0.39 is 0 Å². The van der Waals surface area contributed by atoms with Crippen molar-refractivity contribution in [2.24, 2.45) is 0 Å². The van der Waals surface area contributed by atoms with Gasteiger partial charge in [-0.15, -0.1) is 0 Å². The molecule has 0 amide bonds. The van der Waals surface area contributed by atoms with Gasteiger partial charge in [0.1, 0.15) is 11.4 Å². The van der Waals surface area contributed by atoms with Crippen LogP contribution in [0.5, 0.6) is 0 Å². The van der Waals surface area contributed by atoms with Gasteiger partial charge in [0.25, 0.3) is 0 Å². The molecular formula is C18H10Cl2N2OS. The topological polar surface area (TPSA) is 34.4 Å². The van der Waals surface area contributed by atoms with Crippen molar-refractivity contribution in [3.63, 3.8) is 0 Å². The monoisotopic (exact) mass is 372 g/mol. The van der Waals surface area contributed by atoms with Crippen molar-refractivity contribution < 1.29 is 4.79 Å². The normalized spacial score (nSPS) is 11.1. The third kappa shape index (κ3) is 2.53. The summed E-state index contributed by atoms with van der Waals surface area (Å²) in [7, 11) is 0. The molecule has 2 aromatic heterocycles. The fourth-order valence-electron chi connectivity index (χ4n) is 2.57. The van der Waals surface area contributed by atoms with Crippen LogP contribution >= 0.6 is 34.5 Å². The second-order valence-electron chi connectivity index (χ2n) is 5.21. The number of benzene rings is 2. The van der Waals surface area contributed by atoms with Crippen molar-refractivity contribution in [1.82, 2.24) is 9.38 Å². The number of rotatable bonds is 3. The fraction of sp³-hybridized carbons (Fsp3) is 0. The maximum Gasteiger partial charge on any atom is 0.195 e. The molecular weight excluding hydrogens is 363 g/mol. The minimum atomic E-state index is 0.437. The van der Waals surface area contributed by atoms with Gasteiger partial charge in [0.15, 0.2) is 11.2 Å². The number of halogens is 2. The summed E-state index contributed by atoms with van der Waals surface area (Å²) in [5.74, 6) is 0. The minimum Gasteiger partial charge on any atom is -0.296 e. The smallest absolute Gasteiger partial charge is 0.195 e. The minimum absolute atomic E-state index is 0.437. The fourth-order valence-corrected chi connectivity index (χ4v) is 3.86. The summed E-state index contributed by atoms with van der Waals surface area (Å²) in [6.07, 6.45) is 2.76. The zero-order valence-electron chi connectivity index (χ0n) is 12.2. The highest BCUT2D eigenvalue weighted by Crippen LogP contribution is 2.34. The lowest BCUT2D eigenvalue weighted by Crippen LogP contribution is -1.90.